The van der Waals surface area contributed by atoms with Crippen molar-refractivity contribution in [2.45, 2.75) is 12.6 Å². The van der Waals surface area contributed by atoms with Gasteiger partial charge in [0, 0.05) is 14.2 Å². The highest BCUT2D eigenvalue weighted by Crippen LogP contribution is 2.28. The highest BCUT2D eigenvalue weighted by Gasteiger charge is 2.37. The molecule has 0 aliphatic carbocycles. The van der Waals surface area contributed by atoms with Crippen LogP contribution in [0.4, 0.5) is 0 Å². The van der Waals surface area contributed by atoms with Crippen molar-refractivity contribution < 1.29 is 23.7 Å². The van der Waals surface area contributed by atoms with Crippen molar-refractivity contribution in [1.29, 1.82) is 0 Å². The highest BCUT2D eigenvalue weighted by molar-refractivity contribution is 5.12. The van der Waals surface area contributed by atoms with Crippen molar-refractivity contribution in [1.82, 2.24) is 0 Å². The first kappa shape index (κ1) is 10.3. The molecule has 0 bridgehead atoms. The summed E-state index contributed by atoms with van der Waals surface area (Å²) in [5.74, 6) is 1.02. The number of hydrogen-bond acceptors (Lipinski definition) is 5. The van der Waals surface area contributed by atoms with E-state index in [1.165, 1.54) is 28.4 Å². The van der Waals surface area contributed by atoms with Crippen molar-refractivity contribution >= 4 is 0 Å². The van der Waals surface area contributed by atoms with E-state index in [1.54, 1.807) is 0 Å². The zero-order valence-corrected chi connectivity index (χ0v) is 8.20. The van der Waals surface area contributed by atoms with Crippen molar-refractivity contribution in [3.05, 3.63) is 11.5 Å². The van der Waals surface area contributed by atoms with E-state index in [1.807, 2.05) is 0 Å². The van der Waals surface area contributed by atoms with Crippen molar-refractivity contribution in [3.63, 3.8) is 0 Å². The molecule has 2 unspecified atom stereocenters. The molecule has 0 aromatic rings. The smallest absolute Gasteiger partial charge is 0.222 e. The fourth-order valence-corrected chi connectivity index (χ4v) is 1.19. The van der Waals surface area contributed by atoms with Crippen molar-refractivity contribution in [3.8, 4) is 0 Å². The Balaban J connectivity index is 2.84. The first-order valence-corrected chi connectivity index (χ1v) is 3.81. The van der Waals surface area contributed by atoms with Gasteiger partial charge in [0.05, 0.1) is 14.2 Å². The zero-order chi connectivity index (χ0) is 9.84. The Kier molecular flexibility index (Phi) is 3.53. The second-order valence-corrected chi connectivity index (χ2v) is 2.41. The Labute approximate surface area is 77.2 Å². The van der Waals surface area contributed by atoms with Crippen molar-refractivity contribution in [2.24, 2.45) is 0 Å². The lowest BCUT2D eigenvalue weighted by Crippen LogP contribution is -2.18. The quantitative estimate of drug-likeness (QED) is 0.644. The Morgan fingerprint density at radius 3 is 1.46 bits per heavy atom. The highest BCUT2D eigenvalue weighted by atomic mass is 16.8. The average molecular weight is 190 g/mol. The van der Waals surface area contributed by atoms with Crippen LogP contribution in [-0.4, -0.2) is 41.0 Å². The summed E-state index contributed by atoms with van der Waals surface area (Å²) >= 11 is 0. The van der Waals surface area contributed by atoms with Crippen LogP contribution in [0.3, 0.4) is 0 Å². The summed E-state index contributed by atoms with van der Waals surface area (Å²) in [6.45, 7) is 0. The van der Waals surface area contributed by atoms with Gasteiger partial charge in [0.25, 0.3) is 0 Å². The molecule has 1 aliphatic rings. The van der Waals surface area contributed by atoms with Gasteiger partial charge in [-0.15, -0.1) is 0 Å². The van der Waals surface area contributed by atoms with Gasteiger partial charge < -0.3 is 23.7 Å². The third kappa shape index (κ3) is 1.77. The molecular weight excluding hydrogens is 176 g/mol. The molecule has 0 spiro atoms. The van der Waals surface area contributed by atoms with Gasteiger partial charge in [-0.25, -0.2) is 0 Å². The van der Waals surface area contributed by atoms with E-state index in [4.69, 9.17) is 23.7 Å². The molecule has 0 saturated carbocycles. The van der Waals surface area contributed by atoms with Crippen LogP contribution < -0.4 is 0 Å². The summed E-state index contributed by atoms with van der Waals surface area (Å²) in [6, 6.07) is 0. The van der Waals surface area contributed by atoms with Crippen LogP contribution in [0.2, 0.25) is 0 Å². The van der Waals surface area contributed by atoms with Gasteiger partial charge in [0.2, 0.25) is 12.6 Å². The van der Waals surface area contributed by atoms with Gasteiger partial charge in [-0.2, -0.15) is 0 Å². The van der Waals surface area contributed by atoms with Gasteiger partial charge in [-0.05, 0) is 0 Å². The maximum Gasteiger partial charge on any atom is 0.222 e. The van der Waals surface area contributed by atoms with Gasteiger partial charge in [0.15, 0.2) is 11.5 Å². The molecular formula is C8H14O5. The number of hydrogen-bond donors (Lipinski definition) is 0. The van der Waals surface area contributed by atoms with E-state index in [-0.39, 0.29) is 0 Å². The Morgan fingerprint density at radius 1 is 0.846 bits per heavy atom. The Bertz CT molecular complexity index is 181. The van der Waals surface area contributed by atoms with E-state index >= 15 is 0 Å². The molecule has 76 valence electrons. The minimum Gasteiger partial charge on any atom is -0.492 e. The lowest BCUT2D eigenvalue weighted by molar-refractivity contribution is -0.193. The van der Waals surface area contributed by atoms with E-state index in [2.05, 4.69) is 0 Å². The van der Waals surface area contributed by atoms with Gasteiger partial charge in [-0.3, -0.25) is 0 Å². The third-order valence-electron chi connectivity index (χ3n) is 1.79. The molecule has 5 nitrogen and oxygen atoms in total. The van der Waals surface area contributed by atoms with E-state index < -0.39 is 12.6 Å². The number of ether oxygens (including phenoxy) is 5. The molecule has 0 radical (unpaired) electrons. The Morgan fingerprint density at radius 2 is 1.23 bits per heavy atom. The van der Waals surface area contributed by atoms with Crippen molar-refractivity contribution in [2.75, 3.05) is 28.4 Å². The van der Waals surface area contributed by atoms with Gasteiger partial charge in [0.1, 0.15) is 0 Å². The van der Waals surface area contributed by atoms with Crippen LogP contribution in [-0.2, 0) is 23.7 Å². The van der Waals surface area contributed by atoms with Gasteiger partial charge >= 0.3 is 0 Å². The molecule has 0 N–H and O–H groups in total. The second kappa shape index (κ2) is 4.45. The SMILES string of the molecule is COC1=C(OC)C(OC)OC1OC. The fourth-order valence-electron chi connectivity index (χ4n) is 1.19. The second-order valence-electron chi connectivity index (χ2n) is 2.41. The maximum atomic E-state index is 5.30. The average Bonchev–Trinajstić information content (AvgIpc) is 2.54. The van der Waals surface area contributed by atoms with Crippen LogP contribution in [0.15, 0.2) is 11.5 Å². The summed E-state index contributed by atoms with van der Waals surface area (Å²) in [5, 5.41) is 0. The molecule has 0 saturated heterocycles. The zero-order valence-electron chi connectivity index (χ0n) is 8.20. The molecule has 13 heavy (non-hydrogen) atoms. The normalized spacial score (nSPS) is 28.0. The molecule has 0 fully saturated rings. The first-order valence-electron chi connectivity index (χ1n) is 3.81. The summed E-state index contributed by atoms with van der Waals surface area (Å²) in [5.41, 5.74) is 0. The van der Waals surface area contributed by atoms with E-state index in [0.29, 0.717) is 11.5 Å². The lowest BCUT2D eigenvalue weighted by Gasteiger charge is -2.11. The van der Waals surface area contributed by atoms with Crippen LogP contribution in [0, 0.1) is 0 Å². The maximum absolute atomic E-state index is 5.30. The standard InChI is InChI=1S/C8H14O5/c1-9-5-6(10-2)8(12-4)13-7(5)11-3/h7-8H,1-4H3. The first-order chi connectivity index (χ1) is 6.28. The number of methoxy groups -OCH3 is 4. The summed E-state index contributed by atoms with van der Waals surface area (Å²) in [6.07, 6.45) is -1.10. The van der Waals surface area contributed by atoms with Crippen LogP contribution in [0.5, 0.6) is 0 Å². The minimum absolute atomic E-state index is 0.511. The van der Waals surface area contributed by atoms with Crippen LogP contribution in [0.1, 0.15) is 0 Å². The predicted octanol–water partition coefficient (Wildman–Crippen LogP) is 0.466. The molecule has 2 atom stereocenters. The minimum atomic E-state index is -0.551. The Hall–Kier alpha value is -0.780. The largest absolute Gasteiger partial charge is 0.492 e. The lowest BCUT2D eigenvalue weighted by atomic mass is 10.4. The topological polar surface area (TPSA) is 46.2 Å². The molecule has 0 aromatic heterocycles. The summed E-state index contributed by atoms with van der Waals surface area (Å²) in [7, 11) is 6.10. The van der Waals surface area contributed by atoms with Crippen LogP contribution >= 0.6 is 0 Å². The van der Waals surface area contributed by atoms with Crippen LogP contribution in [0.25, 0.3) is 0 Å². The fraction of sp³-hybridized carbons (Fsp3) is 0.750. The molecule has 0 amide bonds. The molecule has 1 rings (SSSR count). The molecule has 1 heterocycles. The van der Waals surface area contributed by atoms with E-state index in [0.717, 1.165) is 0 Å². The number of rotatable bonds is 4. The molecule has 5 heteroatoms. The third-order valence-corrected chi connectivity index (χ3v) is 1.79. The van der Waals surface area contributed by atoms with E-state index in [9.17, 15) is 0 Å². The molecule has 1 aliphatic heterocycles. The predicted molar refractivity (Wildman–Crippen MR) is 43.7 cm³/mol. The summed E-state index contributed by atoms with van der Waals surface area (Å²) in [4.78, 5) is 0. The molecule has 0 aromatic carbocycles. The monoisotopic (exact) mass is 190 g/mol. The van der Waals surface area contributed by atoms with Gasteiger partial charge in [-0.1, -0.05) is 0 Å². The summed E-state index contributed by atoms with van der Waals surface area (Å²) < 4.78 is 25.5.